The Morgan fingerprint density at radius 3 is 0.583 bits per heavy atom. The molecule has 0 saturated heterocycles. The first-order valence-corrected chi connectivity index (χ1v) is 23.2. The minimum absolute atomic E-state index is 0. The lowest BCUT2D eigenvalue weighted by Gasteiger charge is -2.18. The minimum Gasteiger partial charge on any atom is -0.344 e. The molecule has 0 bridgehead atoms. The lowest BCUT2D eigenvalue weighted by Crippen LogP contribution is -2.04. The first kappa shape index (κ1) is 50.2. The molecule has 0 aromatic heterocycles. The van der Waals surface area contributed by atoms with Gasteiger partial charge in [0.2, 0.25) is 0 Å². The average Bonchev–Trinajstić information content (AvgIpc) is 3.07. The van der Waals surface area contributed by atoms with Gasteiger partial charge in [0.1, 0.15) is 0 Å². The number of rotatable bonds is 42. The molecule has 0 heterocycles. The van der Waals surface area contributed by atoms with Crippen molar-refractivity contribution in [3.63, 3.8) is 0 Å². The van der Waals surface area contributed by atoms with Crippen LogP contribution in [0.25, 0.3) is 0 Å². The Bertz CT molecular complexity index is 590. The van der Waals surface area contributed by atoms with E-state index in [0.717, 1.165) is 38.5 Å². The van der Waals surface area contributed by atoms with Gasteiger partial charge in [-0.05, 0) is 19.3 Å². The molecule has 0 unspecified atom stereocenters. The van der Waals surface area contributed by atoms with Crippen LogP contribution in [0, 0.1) is 0 Å². The Labute approximate surface area is 303 Å². The zero-order valence-electron chi connectivity index (χ0n) is 33.4. The van der Waals surface area contributed by atoms with Gasteiger partial charge in [-0.15, -0.1) is 0 Å². The topological polar surface area (TPSA) is 79.8 Å². The van der Waals surface area contributed by atoms with E-state index >= 15 is 0 Å². The molecule has 3 N–H and O–H groups in total. The summed E-state index contributed by atoms with van der Waals surface area (Å²) in [6, 6.07) is 0. The quantitative estimate of drug-likeness (QED) is 0.0506. The van der Waals surface area contributed by atoms with Crippen molar-refractivity contribution in [2.45, 2.75) is 252 Å². The van der Waals surface area contributed by atoms with Gasteiger partial charge in [-0.1, -0.05) is 233 Å². The normalized spacial score (nSPS) is 11.7. The second kappa shape index (κ2) is 43.2. The van der Waals surface area contributed by atoms with E-state index in [2.05, 4.69) is 20.8 Å². The lowest BCUT2D eigenvalue weighted by atomic mass is 10.0. The van der Waals surface area contributed by atoms with E-state index in [0.29, 0.717) is 19.8 Å². The summed E-state index contributed by atoms with van der Waals surface area (Å²) in [7, 11) is -3.46. The predicted molar refractivity (Wildman–Crippen MR) is 214 cm³/mol. The van der Waals surface area contributed by atoms with E-state index < -0.39 is 7.82 Å². The van der Waals surface area contributed by atoms with Gasteiger partial charge in [0.15, 0.2) is 0 Å². The molecule has 292 valence electrons. The van der Waals surface area contributed by atoms with E-state index in [1.807, 2.05) is 0 Å². The fourth-order valence-electron chi connectivity index (χ4n) is 6.47. The van der Waals surface area contributed by atoms with Crippen molar-refractivity contribution in [2.75, 3.05) is 19.8 Å². The van der Waals surface area contributed by atoms with Crippen LogP contribution in [0.3, 0.4) is 0 Å². The Morgan fingerprint density at radius 1 is 0.271 bits per heavy atom. The van der Waals surface area contributed by atoms with Gasteiger partial charge >= 0.3 is 7.82 Å². The zero-order chi connectivity index (χ0) is 34.2. The van der Waals surface area contributed by atoms with Crippen molar-refractivity contribution in [3.8, 4) is 0 Å². The maximum atomic E-state index is 13.4. The molecule has 0 spiro atoms. The molecular weight excluding hydrogens is 613 g/mol. The highest BCUT2D eigenvalue weighted by Crippen LogP contribution is 2.50. The number of unbranched alkanes of at least 4 members (excludes halogenated alkanes) is 33. The number of hydrogen-bond acceptors (Lipinski definition) is 5. The minimum atomic E-state index is -3.46. The van der Waals surface area contributed by atoms with Crippen LogP contribution >= 0.6 is 7.82 Å². The summed E-state index contributed by atoms with van der Waals surface area (Å²) in [5.74, 6) is 0. The summed E-state index contributed by atoms with van der Waals surface area (Å²) < 4.78 is 30.9. The molecule has 6 heteroatoms. The molecule has 0 radical (unpaired) electrons. The van der Waals surface area contributed by atoms with Crippen molar-refractivity contribution < 1.29 is 18.1 Å². The molecule has 0 rings (SSSR count). The Hall–Kier alpha value is 0.0700. The summed E-state index contributed by atoms with van der Waals surface area (Å²) in [4.78, 5) is 0. The Morgan fingerprint density at radius 2 is 0.417 bits per heavy atom. The number of hydrogen-bond donors (Lipinski definition) is 1. The largest absolute Gasteiger partial charge is 0.474 e. The van der Waals surface area contributed by atoms with Gasteiger partial charge in [0.05, 0.1) is 19.8 Å². The molecule has 0 amide bonds. The van der Waals surface area contributed by atoms with Crippen molar-refractivity contribution in [1.29, 1.82) is 0 Å². The highest BCUT2D eigenvalue weighted by molar-refractivity contribution is 7.48. The van der Waals surface area contributed by atoms with E-state index in [9.17, 15) is 4.57 Å². The summed E-state index contributed by atoms with van der Waals surface area (Å²) in [5.41, 5.74) is 0. The summed E-state index contributed by atoms with van der Waals surface area (Å²) in [6.07, 6.45) is 47.1. The summed E-state index contributed by atoms with van der Waals surface area (Å²) in [5, 5.41) is 0. The number of phosphoric acid groups is 1. The molecule has 0 aliphatic rings. The van der Waals surface area contributed by atoms with Crippen LogP contribution in [-0.2, 0) is 18.1 Å². The second-order valence-corrected chi connectivity index (χ2v) is 16.3. The molecule has 0 fully saturated rings. The molecule has 0 aliphatic carbocycles. The molecule has 0 aromatic rings. The van der Waals surface area contributed by atoms with Gasteiger partial charge < -0.3 is 6.15 Å². The molecule has 0 atom stereocenters. The molecule has 5 nitrogen and oxygen atoms in total. The Kier molecular flexibility index (Phi) is 45.2. The van der Waals surface area contributed by atoms with Crippen LogP contribution in [0.5, 0.6) is 0 Å². The van der Waals surface area contributed by atoms with Crippen molar-refractivity contribution in [3.05, 3.63) is 0 Å². The van der Waals surface area contributed by atoms with Gasteiger partial charge in [-0.25, -0.2) is 4.57 Å². The zero-order valence-corrected chi connectivity index (χ0v) is 34.3. The monoisotopic (exact) mass is 704 g/mol. The average molecular weight is 704 g/mol. The standard InChI is InChI=1S/C42H87O4P.H3N/c1-4-7-10-13-16-19-22-23-24-25-26-27-30-33-36-39-42-46-47(43,44-40-37-34-31-28-20-17-14-11-8-5-2)45-41-38-35-32-29-21-18-15-12-9-6-3;/h4-42H2,1-3H3;1H3. The van der Waals surface area contributed by atoms with Crippen LogP contribution in [-0.4, -0.2) is 19.8 Å². The first-order valence-electron chi connectivity index (χ1n) is 21.7. The van der Waals surface area contributed by atoms with Crippen molar-refractivity contribution >= 4 is 7.82 Å². The van der Waals surface area contributed by atoms with E-state index in [1.165, 1.54) is 193 Å². The number of phosphoric ester groups is 1. The molecule has 0 aliphatic heterocycles. The first-order chi connectivity index (χ1) is 23.2. The fourth-order valence-corrected chi connectivity index (χ4v) is 7.75. The highest BCUT2D eigenvalue weighted by atomic mass is 31.2. The van der Waals surface area contributed by atoms with Crippen LogP contribution in [0.1, 0.15) is 252 Å². The van der Waals surface area contributed by atoms with Gasteiger partial charge in [0, 0.05) is 0 Å². The molecule has 0 aromatic carbocycles. The van der Waals surface area contributed by atoms with Crippen molar-refractivity contribution in [2.24, 2.45) is 0 Å². The second-order valence-electron chi connectivity index (χ2n) is 14.6. The van der Waals surface area contributed by atoms with Gasteiger partial charge in [-0.2, -0.15) is 0 Å². The van der Waals surface area contributed by atoms with Crippen LogP contribution < -0.4 is 6.15 Å². The Balaban J connectivity index is 0. The third-order valence-electron chi connectivity index (χ3n) is 9.74. The van der Waals surface area contributed by atoms with E-state index in [1.54, 1.807) is 0 Å². The smallest absolute Gasteiger partial charge is 0.344 e. The van der Waals surface area contributed by atoms with Gasteiger partial charge in [0.25, 0.3) is 0 Å². The maximum Gasteiger partial charge on any atom is 0.474 e. The maximum absolute atomic E-state index is 13.4. The highest BCUT2D eigenvalue weighted by Gasteiger charge is 2.26. The third-order valence-corrected chi connectivity index (χ3v) is 11.2. The van der Waals surface area contributed by atoms with E-state index in [4.69, 9.17) is 13.6 Å². The summed E-state index contributed by atoms with van der Waals surface area (Å²) >= 11 is 0. The molecular formula is C42H90NO4P. The summed E-state index contributed by atoms with van der Waals surface area (Å²) in [6.45, 7) is 8.27. The third kappa shape index (κ3) is 40.5. The van der Waals surface area contributed by atoms with Crippen LogP contribution in [0.15, 0.2) is 0 Å². The predicted octanol–water partition coefficient (Wildman–Crippen LogP) is 16.4. The van der Waals surface area contributed by atoms with Crippen LogP contribution in [0.4, 0.5) is 0 Å². The fraction of sp³-hybridized carbons (Fsp3) is 1.00. The van der Waals surface area contributed by atoms with Gasteiger partial charge in [-0.3, -0.25) is 13.6 Å². The molecule has 48 heavy (non-hydrogen) atoms. The van der Waals surface area contributed by atoms with Crippen molar-refractivity contribution in [1.82, 2.24) is 6.15 Å². The SMILES string of the molecule is CCCCCCCCCCCCCCCCCCOP(=O)(OCCCCCCCCCCCC)OCCCCCCCCCCCC.N. The molecule has 0 saturated carbocycles. The van der Waals surface area contributed by atoms with E-state index in [-0.39, 0.29) is 6.15 Å². The lowest BCUT2D eigenvalue weighted by molar-refractivity contribution is 0.108. The van der Waals surface area contributed by atoms with Crippen LogP contribution in [0.2, 0.25) is 0 Å².